The van der Waals surface area contributed by atoms with Crippen molar-refractivity contribution in [2.45, 2.75) is 44.6 Å². The van der Waals surface area contributed by atoms with E-state index in [1.807, 2.05) is 24.3 Å². The van der Waals surface area contributed by atoms with Gasteiger partial charge in [0.2, 0.25) is 11.8 Å². The number of rotatable bonds is 7. The van der Waals surface area contributed by atoms with Gasteiger partial charge in [0.1, 0.15) is 18.1 Å². The van der Waals surface area contributed by atoms with Gasteiger partial charge in [-0.05, 0) is 37.1 Å². The van der Waals surface area contributed by atoms with Crippen LogP contribution in [0.3, 0.4) is 0 Å². The molecule has 1 unspecified atom stereocenters. The fourth-order valence-electron chi connectivity index (χ4n) is 3.68. The lowest BCUT2D eigenvalue weighted by Crippen LogP contribution is -2.41. The Morgan fingerprint density at radius 3 is 2.54 bits per heavy atom. The maximum atomic E-state index is 12.4. The van der Waals surface area contributed by atoms with Crippen molar-refractivity contribution in [2.75, 3.05) is 26.8 Å². The van der Waals surface area contributed by atoms with Gasteiger partial charge < -0.3 is 19.7 Å². The molecule has 1 aliphatic carbocycles. The van der Waals surface area contributed by atoms with Crippen LogP contribution in [0.25, 0.3) is 0 Å². The highest BCUT2D eigenvalue weighted by Gasteiger charge is 2.34. The van der Waals surface area contributed by atoms with Crippen LogP contribution in [0.1, 0.15) is 38.5 Å². The summed E-state index contributed by atoms with van der Waals surface area (Å²) in [5.41, 5.74) is 0. The van der Waals surface area contributed by atoms with E-state index < -0.39 is 0 Å². The SMILES string of the molecule is COc1ccc(OCCN2CC(C(=O)NC3CCCCC3)CC2=O)cc1. The lowest BCUT2D eigenvalue weighted by Gasteiger charge is -2.24. The van der Waals surface area contributed by atoms with Crippen LogP contribution in [0, 0.1) is 5.92 Å². The van der Waals surface area contributed by atoms with Crippen molar-refractivity contribution in [3.05, 3.63) is 24.3 Å². The van der Waals surface area contributed by atoms with Gasteiger partial charge >= 0.3 is 0 Å². The van der Waals surface area contributed by atoms with Crippen LogP contribution in [0.4, 0.5) is 0 Å². The zero-order chi connectivity index (χ0) is 18.4. The second kappa shape index (κ2) is 8.92. The topological polar surface area (TPSA) is 67.9 Å². The molecular weight excluding hydrogens is 332 g/mol. The first-order chi connectivity index (χ1) is 12.7. The summed E-state index contributed by atoms with van der Waals surface area (Å²) >= 11 is 0. The number of carbonyl (C=O) groups is 2. The molecule has 1 heterocycles. The normalized spacial score (nSPS) is 20.9. The van der Waals surface area contributed by atoms with Crippen LogP contribution >= 0.6 is 0 Å². The van der Waals surface area contributed by atoms with E-state index >= 15 is 0 Å². The van der Waals surface area contributed by atoms with Crippen LogP contribution in [0.15, 0.2) is 24.3 Å². The van der Waals surface area contributed by atoms with E-state index in [0.717, 1.165) is 24.3 Å². The van der Waals surface area contributed by atoms with Crippen molar-refractivity contribution in [1.29, 1.82) is 0 Å². The number of benzene rings is 1. The Labute approximate surface area is 154 Å². The second-order valence-electron chi connectivity index (χ2n) is 7.11. The molecule has 0 radical (unpaired) electrons. The van der Waals surface area contributed by atoms with E-state index in [2.05, 4.69) is 5.32 Å². The molecule has 1 N–H and O–H groups in total. The smallest absolute Gasteiger partial charge is 0.225 e. The number of amides is 2. The van der Waals surface area contributed by atoms with Gasteiger partial charge in [0, 0.05) is 19.0 Å². The van der Waals surface area contributed by atoms with Crippen LogP contribution in [0.5, 0.6) is 11.5 Å². The van der Waals surface area contributed by atoms with Crippen molar-refractivity contribution in [3.63, 3.8) is 0 Å². The summed E-state index contributed by atoms with van der Waals surface area (Å²) < 4.78 is 10.8. The van der Waals surface area contributed by atoms with Gasteiger partial charge in [-0.25, -0.2) is 0 Å². The third-order valence-electron chi connectivity index (χ3n) is 5.23. The van der Waals surface area contributed by atoms with E-state index in [-0.39, 0.29) is 17.7 Å². The lowest BCUT2D eigenvalue weighted by molar-refractivity contribution is -0.129. The first-order valence-corrected chi connectivity index (χ1v) is 9.50. The first-order valence-electron chi connectivity index (χ1n) is 9.50. The van der Waals surface area contributed by atoms with Crippen LogP contribution in [-0.2, 0) is 9.59 Å². The molecule has 2 aliphatic rings. The second-order valence-corrected chi connectivity index (χ2v) is 7.11. The maximum Gasteiger partial charge on any atom is 0.225 e. The average Bonchev–Trinajstić information content (AvgIpc) is 3.04. The fraction of sp³-hybridized carbons (Fsp3) is 0.600. The summed E-state index contributed by atoms with van der Waals surface area (Å²) in [6.07, 6.45) is 6.06. The summed E-state index contributed by atoms with van der Waals surface area (Å²) in [7, 11) is 1.62. The minimum Gasteiger partial charge on any atom is -0.497 e. The predicted octanol–water partition coefficient (Wildman–Crippen LogP) is 2.37. The van der Waals surface area contributed by atoms with Crippen molar-refractivity contribution in [2.24, 2.45) is 5.92 Å². The molecule has 2 fully saturated rings. The highest BCUT2D eigenvalue weighted by Crippen LogP contribution is 2.22. The standard InChI is InChI=1S/C20H28N2O4/c1-25-17-7-9-18(10-8-17)26-12-11-22-14-15(13-19(22)23)20(24)21-16-5-3-2-4-6-16/h7-10,15-16H,2-6,11-14H2,1H3,(H,21,24). The number of carbonyl (C=O) groups excluding carboxylic acids is 2. The molecule has 26 heavy (non-hydrogen) atoms. The lowest BCUT2D eigenvalue weighted by atomic mass is 9.95. The van der Waals surface area contributed by atoms with Gasteiger partial charge in [-0.15, -0.1) is 0 Å². The van der Waals surface area contributed by atoms with Gasteiger partial charge in [-0.1, -0.05) is 19.3 Å². The Bertz CT molecular complexity index is 611. The van der Waals surface area contributed by atoms with E-state index in [1.54, 1.807) is 12.0 Å². The molecule has 0 spiro atoms. The highest BCUT2D eigenvalue weighted by molar-refractivity contribution is 5.89. The Kier molecular flexibility index (Phi) is 6.36. The minimum absolute atomic E-state index is 0.0313. The number of nitrogens with one attached hydrogen (secondary N) is 1. The van der Waals surface area contributed by atoms with Gasteiger partial charge in [0.15, 0.2) is 0 Å². The Balaban J connectivity index is 1.41. The van der Waals surface area contributed by atoms with Crippen molar-refractivity contribution < 1.29 is 19.1 Å². The molecule has 1 aliphatic heterocycles. The van der Waals surface area contributed by atoms with Gasteiger partial charge in [-0.2, -0.15) is 0 Å². The number of hydrogen-bond acceptors (Lipinski definition) is 4. The molecule has 1 aromatic carbocycles. The predicted molar refractivity (Wildman–Crippen MR) is 98.2 cm³/mol. The third-order valence-corrected chi connectivity index (χ3v) is 5.23. The number of methoxy groups -OCH3 is 1. The largest absolute Gasteiger partial charge is 0.497 e. The number of nitrogens with zero attached hydrogens (tertiary/aromatic N) is 1. The molecule has 2 amide bonds. The Hall–Kier alpha value is -2.24. The summed E-state index contributed by atoms with van der Waals surface area (Å²) in [4.78, 5) is 26.3. The van der Waals surface area contributed by atoms with Gasteiger partial charge in [-0.3, -0.25) is 9.59 Å². The molecule has 6 heteroatoms. The molecule has 1 atom stereocenters. The summed E-state index contributed by atoms with van der Waals surface area (Å²) in [5, 5.41) is 3.13. The molecule has 1 saturated heterocycles. The molecule has 142 valence electrons. The molecule has 6 nitrogen and oxygen atoms in total. The minimum atomic E-state index is -0.231. The van der Waals surface area contributed by atoms with Gasteiger partial charge in [0.05, 0.1) is 19.6 Å². The zero-order valence-electron chi connectivity index (χ0n) is 15.4. The molecule has 3 rings (SSSR count). The molecular formula is C20H28N2O4. The first kappa shape index (κ1) is 18.5. The third kappa shape index (κ3) is 4.90. The van der Waals surface area contributed by atoms with Gasteiger partial charge in [0.25, 0.3) is 0 Å². The molecule has 1 aromatic rings. The highest BCUT2D eigenvalue weighted by atomic mass is 16.5. The Morgan fingerprint density at radius 1 is 1.15 bits per heavy atom. The quantitative estimate of drug-likeness (QED) is 0.811. The number of likely N-dealkylation sites (tertiary alicyclic amines) is 1. The monoisotopic (exact) mass is 360 g/mol. The van der Waals surface area contributed by atoms with E-state index in [0.29, 0.717) is 32.2 Å². The van der Waals surface area contributed by atoms with Crippen molar-refractivity contribution in [1.82, 2.24) is 10.2 Å². The van der Waals surface area contributed by atoms with Crippen molar-refractivity contribution in [3.8, 4) is 11.5 Å². The molecule has 1 saturated carbocycles. The summed E-state index contributed by atoms with van der Waals surface area (Å²) in [6.45, 7) is 1.40. The summed E-state index contributed by atoms with van der Waals surface area (Å²) in [5.74, 6) is 1.35. The number of hydrogen-bond donors (Lipinski definition) is 1. The Morgan fingerprint density at radius 2 is 1.85 bits per heavy atom. The van der Waals surface area contributed by atoms with Crippen molar-refractivity contribution >= 4 is 11.8 Å². The zero-order valence-corrected chi connectivity index (χ0v) is 15.4. The fourth-order valence-corrected chi connectivity index (χ4v) is 3.68. The number of ether oxygens (including phenoxy) is 2. The summed E-state index contributed by atoms with van der Waals surface area (Å²) in [6, 6.07) is 7.64. The van der Waals surface area contributed by atoms with Crippen LogP contribution < -0.4 is 14.8 Å². The maximum absolute atomic E-state index is 12.4. The average molecular weight is 360 g/mol. The van der Waals surface area contributed by atoms with E-state index in [9.17, 15) is 9.59 Å². The molecule has 0 bridgehead atoms. The van der Waals surface area contributed by atoms with E-state index in [4.69, 9.17) is 9.47 Å². The van der Waals surface area contributed by atoms with Crippen LogP contribution in [0.2, 0.25) is 0 Å². The van der Waals surface area contributed by atoms with Crippen LogP contribution in [-0.4, -0.2) is 49.6 Å². The van der Waals surface area contributed by atoms with E-state index in [1.165, 1.54) is 19.3 Å². The molecule has 0 aromatic heterocycles.